The molecule has 7 heteroatoms. The van der Waals surface area contributed by atoms with E-state index in [1.54, 1.807) is 0 Å². The molecule has 0 unspecified atom stereocenters. The number of carbonyl (C=O) groups excluding carboxylic acids is 1. The van der Waals surface area contributed by atoms with E-state index in [2.05, 4.69) is 4.98 Å². The Balaban J connectivity index is 1.89. The summed E-state index contributed by atoms with van der Waals surface area (Å²) in [6.07, 6.45) is 0.206. The molecule has 1 amide bonds. The second-order valence-corrected chi connectivity index (χ2v) is 7.03. The predicted octanol–water partition coefficient (Wildman–Crippen LogP) is 2.32. The molecule has 0 aliphatic heterocycles. The van der Waals surface area contributed by atoms with Gasteiger partial charge < -0.3 is 10.6 Å². The molecule has 3 N–H and O–H groups in total. The number of aromatic nitrogens is 2. The third-order valence-corrected chi connectivity index (χ3v) is 4.96. The second kappa shape index (κ2) is 8.60. The number of amides is 1. The number of nitrogens with one attached hydrogen (secondary N) is 1. The lowest BCUT2D eigenvalue weighted by Crippen LogP contribution is -2.39. The van der Waals surface area contributed by atoms with Crippen LogP contribution in [0, 0.1) is 0 Å². The summed E-state index contributed by atoms with van der Waals surface area (Å²) in [4.78, 5) is 41.0. The van der Waals surface area contributed by atoms with Crippen LogP contribution in [0.2, 0.25) is 0 Å². The first-order chi connectivity index (χ1) is 13.9. The molecule has 29 heavy (non-hydrogen) atoms. The van der Waals surface area contributed by atoms with E-state index >= 15 is 0 Å². The standard InChI is InChI=1S/C22H24N4O3/c1-15(17-11-7-4-8-12-17)13-18(27)25(2)19-20(23)26(22(29)24-21(19)28)14-16-9-5-3-6-10-16/h3-12,15H,13-14,23H2,1-2H3,(H,24,28,29)/t15-/m1/s1. The number of nitrogens with zero attached hydrogens (tertiary/aromatic N) is 2. The molecule has 0 spiro atoms. The van der Waals surface area contributed by atoms with Crippen LogP contribution in [0.3, 0.4) is 0 Å². The number of hydrogen-bond acceptors (Lipinski definition) is 4. The Morgan fingerprint density at radius 3 is 2.28 bits per heavy atom. The van der Waals surface area contributed by atoms with Gasteiger partial charge >= 0.3 is 5.69 Å². The molecular weight excluding hydrogens is 368 g/mol. The maximum atomic E-state index is 12.8. The number of aromatic amines is 1. The first kappa shape index (κ1) is 20.1. The molecule has 1 aromatic heterocycles. The Labute approximate surface area is 168 Å². The highest BCUT2D eigenvalue weighted by Gasteiger charge is 2.22. The maximum absolute atomic E-state index is 12.8. The number of nitrogens with two attached hydrogens (primary N) is 1. The van der Waals surface area contributed by atoms with E-state index in [1.165, 1.54) is 16.5 Å². The van der Waals surface area contributed by atoms with Gasteiger partial charge in [0.15, 0.2) is 5.69 Å². The molecule has 3 aromatic rings. The first-order valence-corrected chi connectivity index (χ1v) is 9.36. The van der Waals surface area contributed by atoms with Crippen molar-refractivity contribution in [3.8, 4) is 0 Å². The molecular formula is C22H24N4O3. The molecule has 0 saturated carbocycles. The van der Waals surface area contributed by atoms with E-state index in [4.69, 9.17) is 5.73 Å². The van der Waals surface area contributed by atoms with Crippen molar-refractivity contribution in [2.45, 2.75) is 25.8 Å². The Morgan fingerprint density at radius 1 is 1.07 bits per heavy atom. The highest BCUT2D eigenvalue weighted by Crippen LogP contribution is 2.22. The molecule has 0 fully saturated rings. The molecule has 0 radical (unpaired) electrons. The Morgan fingerprint density at radius 2 is 1.66 bits per heavy atom. The third kappa shape index (κ3) is 4.45. The van der Waals surface area contributed by atoms with Gasteiger partial charge in [-0.15, -0.1) is 0 Å². The molecule has 3 rings (SSSR count). The molecule has 0 aliphatic rings. The summed E-state index contributed by atoms with van der Waals surface area (Å²) >= 11 is 0. The van der Waals surface area contributed by atoms with E-state index in [0.29, 0.717) is 0 Å². The van der Waals surface area contributed by atoms with Crippen molar-refractivity contribution in [3.63, 3.8) is 0 Å². The largest absolute Gasteiger partial charge is 0.383 e. The lowest BCUT2D eigenvalue weighted by Gasteiger charge is -2.22. The highest BCUT2D eigenvalue weighted by molar-refractivity contribution is 5.95. The van der Waals surface area contributed by atoms with Gasteiger partial charge in [0.2, 0.25) is 5.91 Å². The summed E-state index contributed by atoms with van der Waals surface area (Å²) in [6.45, 7) is 2.14. The molecule has 150 valence electrons. The van der Waals surface area contributed by atoms with Gasteiger partial charge in [-0.05, 0) is 17.0 Å². The lowest BCUT2D eigenvalue weighted by atomic mass is 9.97. The van der Waals surface area contributed by atoms with Gasteiger partial charge in [0.25, 0.3) is 5.56 Å². The van der Waals surface area contributed by atoms with Gasteiger partial charge in [0.1, 0.15) is 5.82 Å². The maximum Gasteiger partial charge on any atom is 0.330 e. The first-order valence-electron chi connectivity index (χ1n) is 9.36. The molecule has 1 atom stereocenters. The number of anilines is 2. The van der Waals surface area contributed by atoms with Gasteiger partial charge in [-0.3, -0.25) is 19.1 Å². The van der Waals surface area contributed by atoms with E-state index in [1.807, 2.05) is 67.6 Å². The minimum absolute atomic E-state index is 0.0224. The zero-order valence-corrected chi connectivity index (χ0v) is 16.5. The van der Waals surface area contributed by atoms with Crippen LogP contribution >= 0.6 is 0 Å². The van der Waals surface area contributed by atoms with Crippen LogP contribution in [0.1, 0.15) is 30.4 Å². The number of nitrogen functional groups attached to an aromatic ring is 1. The monoisotopic (exact) mass is 392 g/mol. The average Bonchev–Trinajstić information content (AvgIpc) is 2.72. The summed E-state index contributed by atoms with van der Waals surface area (Å²) in [5.41, 5.74) is 6.73. The van der Waals surface area contributed by atoms with Gasteiger partial charge in [-0.1, -0.05) is 67.6 Å². The zero-order valence-electron chi connectivity index (χ0n) is 16.5. The van der Waals surface area contributed by atoms with Crippen molar-refractivity contribution in [1.29, 1.82) is 0 Å². The smallest absolute Gasteiger partial charge is 0.330 e. The van der Waals surface area contributed by atoms with E-state index in [0.717, 1.165) is 11.1 Å². The van der Waals surface area contributed by atoms with Gasteiger partial charge in [0, 0.05) is 13.5 Å². The van der Waals surface area contributed by atoms with Crippen LogP contribution in [0.4, 0.5) is 11.5 Å². The Hall–Kier alpha value is -3.61. The van der Waals surface area contributed by atoms with Crippen LogP contribution in [0.15, 0.2) is 70.3 Å². The van der Waals surface area contributed by atoms with E-state index in [9.17, 15) is 14.4 Å². The number of carbonyl (C=O) groups is 1. The minimum Gasteiger partial charge on any atom is -0.383 e. The fourth-order valence-corrected chi connectivity index (χ4v) is 3.25. The van der Waals surface area contributed by atoms with Crippen molar-refractivity contribution < 1.29 is 4.79 Å². The number of benzene rings is 2. The average molecular weight is 392 g/mol. The van der Waals surface area contributed by atoms with Gasteiger partial charge in [0.05, 0.1) is 6.54 Å². The fraction of sp³-hybridized carbons (Fsp3) is 0.227. The summed E-state index contributed by atoms with van der Waals surface area (Å²) in [5, 5.41) is 0. The predicted molar refractivity (Wildman–Crippen MR) is 114 cm³/mol. The molecule has 0 bridgehead atoms. The van der Waals surface area contributed by atoms with Gasteiger partial charge in [-0.2, -0.15) is 0 Å². The second-order valence-electron chi connectivity index (χ2n) is 7.03. The van der Waals surface area contributed by atoms with Crippen molar-refractivity contribution in [2.75, 3.05) is 17.7 Å². The molecule has 1 heterocycles. The third-order valence-electron chi connectivity index (χ3n) is 4.96. The SMILES string of the molecule is C[C@H](CC(=O)N(C)c1c(N)n(Cc2ccccc2)c(=O)[nH]c1=O)c1ccccc1. The Bertz CT molecular complexity index is 1100. The van der Waals surface area contributed by atoms with E-state index in [-0.39, 0.29) is 36.3 Å². The van der Waals surface area contributed by atoms with Crippen LogP contribution < -0.4 is 21.9 Å². The molecule has 2 aromatic carbocycles. The van der Waals surface area contributed by atoms with E-state index < -0.39 is 11.2 Å². The topological polar surface area (TPSA) is 101 Å². The van der Waals surface area contributed by atoms with Crippen molar-refractivity contribution in [1.82, 2.24) is 9.55 Å². The molecule has 7 nitrogen and oxygen atoms in total. The summed E-state index contributed by atoms with van der Waals surface area (Å²) in [6, 6.07) is 18.9. The highest BCUT2D eigenvalue weighted by atomic mass is 16.2. The van der Waals surface area contributed by atoms with Crippen molar-refractivity contribution in [3.05, 3.63) is 92.6 Å². The van der Waals surface area contributed by atoms with Crippen molar-refractivity contribution in [2.24, 2.45) is 0 Å². The molecule has 0 aliphatic carbocycles. The van der Waals surface area contributed by atoms with Crippen LogP contribution in [0.25, 0.3) is 0 Å². The van der Waals surface area contributed by atoms with Gasteiger partial charge in [-0.25, -0.2) is 4.79 Å². The number of hydrogen-bond donors (Lipinski definition) is 2. The zero-order chi connectivity index (χ0) is 21.0. The number of rotatable bonds is 6. The summed E-state index contributed by atoms with van der Waals surface area (Å²) < 4.78 is 1.26. The minimum atomic E-state index is -0.681. The normalized spacial score (nSPS) is 11.8. The Kier molecular flexibility index (Phi) is 5.97. The summed E-state index contributed by atoms with van der Waals surface area (Å²) in [7, 11) is 1.50. The lowest BCUT2D eigenvalue weighted by molar-refractivity contribution is -0.118. The van der Waals surface area contributed by atoms with Crippen LogP contribution in [-0.4, -0.2) is 22.5 Å². The quantitative estimate of drug-likeness (QED) is 0.672. The van der Waals surface area contributed by atoms with Crippen LogP contribution in [0.5, 0.6) is 0 Å². The fourth-order valence-electron chi connectivity index (χ4n) is 3.25. The summed E-state index contributed by atoms with van der Waals surface area (Å²) in [5.74, 6) is -0.323. The van der Waals surface area contributed by atoms with Crippen molar-refractivity contribution >= 4 is 17.4 Å². The van der Waals surface area contributed by atoms with Crippen LogP contribution in [-0.2, 0) is 11.3 Å². The molecule has 0 saturated heterocycles. The number of H-pyrrole nitrogens is 1.